The molecule has 1 rings (SSSR count). The molecule has 0 heterocycles. The average Bonchev–Trinajstić information content (AvgIpc) is 2.30. The Morgan fingerprint density at radius 1 is 1.56 bits per heavy atom. The second kappa shape index (κ2) is 6.75. The van der Waals surface area contributed by atoms with Gasteiger partial charge < -0.3 is 15.6 Å². The first-order chi connectivity index (χ1) is 8.45. The molecule has 0 saturated carbocycles. The van der Waals surface area contributed by atoms with Gasteiger partial charge in [-0.2, -0.15) is 0 Å². The molecular formula is C13H18BrNO3. The van der Waals surface area contributed by atoms with E-state index in [1.807, 2.05) is 26.0 Å². The Balaban J connectivity index is 2.98. The number of hydrogen-bond donors (Lipinski definition) is 2. The molecular weight excluding hydrogens is 298 g/mol. The summed E-state index contributed by atoms with van der Waals surface area (Å²) in [6.45, 7) is 3.76. The second-order valence-electron chi connectivity index (χ2n) is 4.20. The molecule has 4 nitrogen and oxygen atoms in total. The number of nitrogens with two attached hydrogens (primary N) is 1. The molecule has 5 heteroatoms. The van der Waals surface area contributed by atoms with Crippen LogP contribution in [0.2, 0.25) is 0 Å². The lowest BCUT2D eigenvalue weighted by molar-refractivity contribution is -0.145. The molecule has 1 aromatic carbocycles. The van der Waals surface area contributed by atoms with Gasteiger partial charge in [-0.05, 0) is 31.5 Å². The van der Waals surface area contributed by atoms with Crippen molar-refractivity contribution in [2.24, 2.45) is 5.73 Å². The van der Waals surface area contributed by atoms with Crippen molar-refractivity contribution in [1.29, 1.82) is 0 Å². The van der Waals surface area contributed by atoms with Crippen LogP contribution in [0.25, 0.3) is 0 Å². The predicted molar refractivity (Wildman–Crippen MR) is 73.7 cm³/mol. The van der Waals surface area contributed by atoms with Crippen LogP contribution in [0, 0.1) is 0 Å². The number of hydrogen-bond acceptors (Lipinski definition) is 3. The van der Waals surface area contributed by atoms with Crippen molar-refractivity contribution in [2.75, 3.05) is 0 Å². The smallest absolute Gasteiger partial charge is 0.344 e. The van der Waals surface area contributed by atoms with Crippen LogP contribution in [0.3, 0.4) is 0 Å². The highest BCUT2D eigenvalue weighted by molar-refractivity contribution is 9.10. The third-order valence-electron chi connectivity index (χ3n) is 2.56. The molecule has 100 valence electrons. The van der Waals surface area contributed by atoms with E-state index in [1.165, 1.54) is 0 Å². The van der Waals surface area contributed by atoms with Crippen LogP contribution in [-0.2, 0) is 4.79 Å². The first-order valence-corrected chi connectivity index (χ1v) is 6.69. The Kier molecular flexibility index (Phi) is 5.62. The Hall–Kier alpha value is -1.07. The maximum absolute atomic E-state index is 11.1. The summed E-state index contributed by atoms with van der Waals surface area (Å²) in [5.74, 6) is -0.413. The lowest BCUT2D eigenvalue weighted by atomic mass is 10.1. The fourth-order valence-electron chi connectivity index (χ4n) is 1.63. The molecule has 0 aliphatic heterocycles. The van der Waals surface area contributed by atoms with Gasteiger partial charge in [-0.3, -0.25) is 0 Å². The van der Waals surface area contributed by atoms with Gasteiger partial charge in [0.2, 0.25) is 0 Å². The van der Waals surface area contributed by atoms with Crippen molar-refractivity contribution in [3.05, 3.63) is 28.2 Å². The zero-order chi connectivity index (χ0) is 13.7. The van der Waals surface area contributed by atoms with Gasteiger partial charge in [0.1, 0.15) is 5.75 Å². The van der Waals surface area contributed by atoms with E-state index in [-0.39, 0.29) is 6.04 Å². The molecule has 3 N–H and O–H groups in total. The number of aliphatic carboxylic acids is 1. The maximum atomic E-state index is 11.1. The standard InChI is InChI=1S/C13H18BrNO3/c1-3-4-12(13(16)17)18-11-6-5-9(14)7-10(11)8(2)15/h5-8,12H,3-4,15H2,1-2H3,(H,16,17)/t8-,12?/m0/s1. The first-order valence-electron chi connectivity index (χ1n) is 5.90. The Morgan fingerprint density at radius 3 is 2.72 bits per heavy atom. The second-order valence-corrected chi connectivity index (χ2v) is 5.12. The van der Waals surface area contributed by atoms with E-state index in [4.69, 9.17) is 15.6 Å². The van der Waals surface area contributed by atoms with Gasteiger partial charge in [-0.25, -0.2) is 4.79 Å². The largest absolute Gasteiger partial charge is 0.479 e. The number of carbonyl (C=O) groups is 1. The molecule has 0 spiro atoms. The van der Waals surface area contributed by atoms with Crippen molar-refractivity contribution in [3.8, 4) is 5.75 Å². The van der Waals surface area contributed by atoms with Crippen LogP contribution in [0.1, 0.15) is 38.3 Å². The van der Waals surface area contributed by atoms with Gasteiger partial charge in [-0.1, -0.05) is 29.3 Å². The minimum absolute atomic E-state index is 0.214. The van der Waals surface area contributed by atoms with E-state index in [2.05, 4.69) is 15.9 Å². The van der Waals surface area contributed by atoms with E-state index in [0.29, 0.717) is 12.2 Å². The number of benzene rings is 1. The van der Waals surface area contributed by atoms with Crippen LogP contribution in [0.15, 0.2) is 22.7 Å². The summed E-state index contributed by atoms with van der Waals surface area (Å²) in [5, 5.41) is 9.08. The molecule has 0 aliphatic carbocycles. The van der Waals surface area contributed by atoms with Crippen molar-refractivity contribution in [3.63, 3.8) is 0 Å². The lowest BCUT2D eigenvalue weighted by Crippen LogP contribution is -2.27. The average molecular weight is 316 g/mol. The Labute approximate surface area is 115 Å². The Morgan fingerprint density at radius 2 is 2.22 bits per heavy atom. The van der Waals surface area contributed by atoms with Gasteiger partial charge >= 0.3 is 5.97 Å². The van der Waals surface area contributed by atoms with Gasteiger partial charge in [-0.15, -0.1) is 0 Å². The highest BCUT2D eigenvalue weighted by Gasteiger charge is 2.20. The van der Waals surface area contributed by atoms with Crippen molar-refractivity contribution in [2.45, 2.75) is 38.8 Å². The molecule has 0 aliphatic rings. The summed E-state index contributed by atoms with van der Waals surface area (Å²) in [6, 6.07) is 5.19. The number of carboxylic acids is 1. The summed E-state index contributed by atoms with van der Waals surface area (Å²) in [4.78, 5) is 11.1. The fourth-order valence-corrected chi connectivity index (χ4v) is 2.01. The van der Waals surface area contributed by atoms with Crippen molar-refractivity contribution in [1.82, 2.24) is 0 Å². The third kappa shape index (κ3) is 3.99. The molecule has 0 aromatic heterocycles. The number of rotatable bonds is 6. The van der Waals surface area contributed by atoms with Gasteiger partial charge in [0.15, 0.2) is 6.10 Å². The molecule has 0 bridgehead atoms. The van der Waals surface area contributed by atoms with Gasteiger partial charge in [0.05, 0.1) is 0 Å². The highest BCUT2D eigenvalue weighted by Crippen LogP contribution is 2.28. The number of ether oxygens (including phenoxy) is 1. The van der Waals surface area contributed by atoms with Crippen molar-refractivity contribution >= 4 is 21.9 Å². The first kappa shape index (κ1) is 15.0. The topological polar surface area (TPSA) is 72.5 Å². The molecule has 0 fully saturated rings. The van der Waals surface area contributed by atoms with Crippen molar-refractivity contribution < 1.29 is 14.6 Å². The molecule has 0 radical (unpaired) electrons. The SMILES string of the molecule is CCCC(Oc1ccc(Br)cc1[C@H](C)N)C(=O)O. The quantitative estimate of drug-likeness (QED) is 0.846. The van der Waals surface area contributed by atoms with E-state index >= 15 is 0 Å². The van der Waals surface area contributed by atoms with E-state index < -0.39 is 12.1 Å². The van der Waals surface area contributed by atoms with Crippen LogP contribution in [0.4, 0.5) is 0 Å². The fraction of sp³-hybridized carbons (Fsp3) is 0.462. The number of carboxylic acid groups (broad SMARTS) is 1. The van der Waals surface area contributed by atoms with E-state index in [0.717, 1.165) is 16.5 Å². The highest BCUT2D eigenvalue weighted by atomic mass is 79.9. The summed E-state index contributed by atoms with van der Waals surface area (Å²) in [5.41, 5.74) is 6.66. The third-order valence-corrected chi connectivity index (χ3v) is 3.05. The Bertz CT molecular complexity index is 421. The zero-order valence-corrected chi connectivity index (χ0v) is 12.1. The summed E-state index contributed by atoms with van der Waals surface area (Å²) in [7, 11) is 0. The van der Waals surface area contributed by atoms with Gasteiger partial charge in [0.25, 0.3) is 0 Å². The van der Waals surface area contributed by atoms with Crippen LogP contribution in [0.5, 0.6) is 5.75 Å². The molecule has 0 amide bonds. The van der Waals surface area contributed by atoms with E-state index in [9.17, 15) is 4.79 Å². The molecule has 0 saturated heterocycles. The summed E-state index contributed by atoms with van der Waals surface area (Å²) < 4.78 is 6.46. The summed E-state index contributed by atoms with van der Waals surface area (Å²) in [6.07, 6.45) is 0.402. The maximum Gasteiger partial charge on any atom is 0.344 e. The molecule has 1 aromatic rings. The normalized spacial score (nSPS) is 14.0. The van der Waals surface area contributed by atoms with Crippen LogP contribution >= 0.6 is 15.9 Å². The minimum atomic E-state index is -0.949. The van der Waals surface area contributed by atoms with Gasteiger partial charge in [0, 0.05) is 16.1 Å². The van der Waals surface area contributed by atoms with Crippen LogP contribution < -0.4 is 10.5 Å². The molecule has 1 unspecified atom stereocenters. The van der Waals surface area contributed by atoms with E-state index in [1.54, 1.807) is 6.07 Å². The minimum Gasteiger partial charge on any atom is -0.479 e. The molecule has 18 heavy (non-hydrogen) atoms. The monoisotopic (exact) mass is 315 g/mol. The predicted octanol–water partition coefficient (Wildman–Crippen LogP) is 3.10. The number of halogens is 1. The zero-order valence-electron chi connectivity index (χ0n) is 10.5. The van der Waals surface area contributed by atoms with Crippen LogP contribution in [-0.4, -0.2) is 17.2 Å². The lowest BCUT2D eigenvalue weighted by Gasteiger charge is -2.19. The summed E-state index contributed by atoms with van der Waals surface area (Å²) >= 11 is 3.36. The molecule has 2 atom stereocenters.